The molecule has 1 aliphatic carbocycles. The molecule has 2 N–H and O–H groups in total. The summed E-state index contributed by atoms with van der Waals surface area (Å²) in [7, 11) is 0. The summed E-state index contributed by atoms with van der Waals surface area (Å²) >= 11 is 0. The van der Waals surface area contributed by atoms with E-state index in [0.29, 0.717) is 18.6 Å². The zero-order valence-corrected chi connectivity index (χ0v) is 15.9. The zero-order chi connectivity index (χ0) is 20.3. The number of hydrogen-bond acceptors (Lipinski definition) is 3. The number of alkyl halides is 3. The number of amides is 1. The standard InChI is InChI=1S/C20H30F3NO3/c1-3-9-17(27-15-19(26)11-6-4-5-7-12-19)14-16(2)10-8-13-24-18(25)20(21,22)23/h3,9,14,26H,1,4-8,10-13,15H2,2H3,(H,24,25)/b16-14+,17-9+. The molecule has 0 aliphatic heterocycles. The molecule has 1 amide bonds. The van der Waals surface area contributed by atoms with Crippen molar-refractivity contribution in [3.63, 3.8) is 0 Å². The van der Waals surface area contributed by atoms with E-state index in [1.165, 1.54) is 0 Å². The minimum atomic E-state index is -4.85. The van der Waals surface area contributed by atoms with E-state index >= 15 is 0 Å². The van der Waals surface area contributed by atoms with Crippen molar-refractivity contribution in [1.29, 1.82) is 0 Å². The largest absolute Gasteiger partial charge is 0.491 e. The van der Waals surface area contributed by atoms with E-state index in [1.807, 2.05) is 12.2 Å². The molecule has 0 bridgehead atoms. The average molecular weight is 389 g/mol. The molecule has 0 spiro atoms. The molecule has 0 aromatic rings. The Kier molecular flexibility index (Phi) is 9.63. The first-order valence-electron chi connectivity index (χ1n) is 9.36. The van der Waals surface area contributed by atoms with Crippen molar-refractivity contribution in [1.82, 2.24) is 5.32 Å². The second-order valence-corrected chi connectivity index (χ2v) is 7.08. The van der Waals surface area contributed by atoms with Crippen LogP contribution in [0, 0.1) is 0 Å². The molecule has 1 rings (SSSR count). The number of aliphatic hydroxyl groups is 1. The van der Waals surface area contributed by atoms with Crippen LogP contribution in [0.5, 0.6) is 0 Å². The van der Waals surface area contributed by atoms with Crippen LogP contribution in [0.15, 0.2) is 36.1 Å². The highest BCUT2D eigenvalue weighted by Gasteiger charge is 2.38. The van der Waals surface area contributed by atoms with Crippen LogP contribution in [0.2, 0.25) is 0 Å². The number of nitrogens with one attached hydrogen (secondary N) is 1. The SMILES string of the molecule is C=C/C=C(\C=C(/C)CCCNC(=O)C(F)(F)F)OCC1(O)CCCCCC1. The molecule has 1 aliphatic rings. The fourth-order valence-corrected chi connectivity index (χ4v) is 2.99. The molecule has 0 radical (unpaired) electrons. The van der Waals surface area contributed by atoms with Crippen molar-refractivity contribution in [3.05, 3.63) is 36.1 Å². The third kappa shape index (κ3) is 9.65. The van der Waals surface area contributed by atoms with Gasteiger partial charge in [0.2, 0.25) is 0 Å². The molecular formula is C20H30F3NO3. The summed E-state index contributed by atoms with van der Waals surface area (Å²) in [5.41, 5.74) is 0.0811. The number of carbonyl (C=O) groups is 1. The first-order valence-corrected chi connectivity index (χ1v) is 9.36. The Bertz CT molecular complexity index is 545. The number of carbonyl (C=O) groups excluding carboxylic acids is 1. The van der Waals surface area contributed by atoms with Gasteiger partial charge in [-0.2, -0.15) is 13.2 Å². The van der Waals surface area contributed by atoms with E-state index in [0.717, 1.165) is 44.1 Å². The molecular weight excluding hydrogens is 359 g/mol. The lowest BCUT2D eigenvalue weighted by Crippen LogP contribution is -2.37. The van der Waals surface area contributed by atoms with Crippen LogP contribution in [0.4, 0.5) is 13.2 Å². The van der Waals surface area contributed by atoms with Gasteiger partial charge in [0.05, 0.1) is 5.60 Å². The number of allylic oxidation sites excluding steroid dienone is 4. The van der Waals surface area contributed by atoms with Gasteiger partial charge >= 0.3 is 12.1 Å². The Labute approximate surface area is 159 Å². The lowest BCUT2D eigenvalue weighted by Gasteiger charge is -2.26. The normalized spacial score (nSPS) is 18.6. The lowest BCUT2D eigenvalue weighted by molar-refractivity contribution is -0.173. The Morgan fingerprint density at radius 2 is 1.89 bits per heavy atom. The summed E-state index contributed by atoms with van der Waals surface area (Å²) in [6, 6.07) is 0. The van der Waals surface area contributed by atoms with Gasteiger partial charge in [-0.05, 0) is 44.8 Å². The van der Waals surface area contributed by atoms with Gasteiger partial charge in [0.25, 0.3) is 0 Å². The van der Waals surface area contributed by atoms with E-state index in [4.69, 9.17) is 4.74 Å². The van der Waals surface area contributed by atoms with Crippen molar-refractivity contribution < 1.29 is 27.8 Å². The van der Waals surface area contributed by atoms with Crippen molar-refractivity contribution in [2.75, 3.05) is 13.2 Å². The van der Waals surface area contributed by atoms with Gasteiger partial charge in [0.1, 0.15) is 12.4 Å². The Morgan fingerprint density at radius 3 is 2.44 bits per heavy atom. The van der Waals surface area contributed by atoms with Crippen LogP contribution in [-0.2, 0) is 9.53 Å². The molecule has 0 aromatic carbocycles. The minimum Gasteiger partial charge on any atom is -0.491 e. The number of ether oxygens (including phenoxy) is 1. The van der Waals surface area contributed by atoms with Gasteiger partial charge in [-0.15, -0.1) is 0 Å². The summed E-state index contributed by atoms with van der Waals surface area (Å²) in [5.74, 6) is -1.36. The molecule has 1 fully saturated rings. The Balaban J connectivity index is 2.48. The maximum atomic E-state index is 12.1. The first kappa shape index (κ1) is 23.3. The maximum absolute atomic E-state index is 12.1. The van der Waals surface area contributed by atoms with E-state index in [1.54, 1.807) is 18.2 Å². The molecule has 1 saturated carbocycles. The third-order valence-electron chi connectivity index (χ3n) is 4.50. The molecule has 0 saturated heterocycles. The quantitative estimate of drug-likeness (QED) is 0.263. The monoisotopic (exact) mass is 389 g/mol. The topological polar surface area (TPSA) is 58.6 Å². The zero-order valence-electron chi connectivity index (χ0n) is 15.9. The number of rotatable bonds is 9. The molecule has 4 nitrogen and oxygen atoms in total. The number of halogens is 3. The maximum Gasteiger partial charge on any atom is 0.471 e. The Hall–Kier alpha value is -1.76. The summed E-state index contributed by atoms with van der Waals surface area (Å²) in [5, 5.41) is 12.5. The molecule has 0 atom stereocenters. The minimum absolute atomic E-state index is 0.0510. The summed E-state index contributed by atoms with van der Waals surface area (Å²) in [4.78, 5) is 10.7. The fraction of sp³-hybridized carbons (Fsp3) is 0.650. The molecule has 27 heavy (non-hydrogen) atoms. The summed E-state index contributed by atoms with van der Waals surface area (Å²) in [6.45, 7) is 5.65. The highest BCUT2D eigenvalue weighted by molar-refractivity contribution is 5.81. The highest BCUT2D eigenvalue weighted by atomic mass is 19.4. The predicted molar refractivity (Wildman–Crippen MR) is 98.9 cm³/mol. The fourth-order valence-electron chi connectivity index (χ4n) is 2.99. The van der Waals surface area contributed by atoms with Crippen LogP contribution < -0.4 is 5.32 Å². The van der Waals surface area contributed by atoms with E-state index < -0.39 is 17.7 Å². The van der Waals surface area contributed by atoms with Gasteiger partial charge in [-0.25, -0.2) is 0 Å². The van der Waals surface area contributed by atoms with Crippen LogP contribution in [0.3, 0.4) is 0 Å². The highest BCUT2D eigenvalue weighted by Crippen LogP contribution is 2.28. The average Bonchev–Trinajstić information content (AvgIpc) is 2.81. The van der Waals surface area contributed by atoms with Crippen molar-refractivity contribution in [3.8, 4) is 0 Å². The van der Waals surface area contributed by atoms with E-state index in [9.17, 15) is 23.1 Å². The van der Waals surface area contributed by atoms with Crippen molar-refractivity contribution in [2.45, 2.75) is 70.1 Å². The van der Waals surface area contributed by atoms with Crippen LogP contribution in [-0.4, -0.2) is 35.9 Å². The summed E-state index contributed by atoms with van der Waals surface area (Å²) in [6.07, 6.45) is 6.77. The van der Waals surface area contributed by atoms with Gasteiger partial charge in [-0.3, -0.25) is 4.79 Å². The predicted octanol–water partition coefficient (Wildman–Crippen LogP) is 4.56. The van der Waals surface area contributed by atoms with Crippen molar-refractivity contribution in [2.24, 2.45) is 0 Å². The molecule has 0 aromatic heterocycles. The van der Waals surface area contributed by atoms with Gasteiger partial charge in [0.15, 0.2) is 0 Å². The second-order valence-electron chi connectivity index (χ2n) is 7.08. The van der Waals surface area contributed by atoms with Gasteiger partial charge < -0.3 is 15.2 Å². The molecule has 0 unspecified atom stereocenters. The molecule has 154 valence electrons. The van der Waals surface area contributed by atoms with Crippen molar-refractivity contribution >= 4 is 5.91 Å². The van der Waals surface area contributed by atoms with Crippen LogP contribution in [0.1, 0.15) is 58.3 Å². The van der Waals surface area contributed by atoms with Gasteiger partial charge in [-0.1, -0.05) is 43.9 Å². The third-order valence-corrected chi connectivity index (χ3v) is 4.50. The first-order chi connectivity index (χ1) is 12.7. The van der Waals surface area contributed by atoms with E-state index in [-0.39, 0.29) is 13.2 Å². The second kappa shape index (κ2) is 11.2. The lowest BCUT2D eigenvalue weighted by atomic mass is 9.96. The molecule has 7 heteroatoms. The summed E-state index contributed by atoms with van der Waals surface area (Å²) < 4.78 is 42.1. The number of hydrogen-bond donors (Lipinski definition) is 2. The smallest absolute Gasteiger partial charge is 0.471 e. The van der Waals surface area contributed by atoms with Gasteiger partial charge in [0, 0.05) is 6.54 Å². The van der Waals surface area contributed by atoms with E-state index in [2.05, 4.69) is 6.58 Å². The Morgan fingerprint density at radius 1 is 1.26 bits per heavy atom. The van der Waals surface area contributed by atoms with Crippen LogP contribution in [0.25, 0.3) is 0 Å². The molecule has 0 heterocycles. The van der Waals surface area contributed by atoms with Crippen LogP contribution >= 0.6 is 0 Å².